The minimum atomic E-state index is -1.13. The Balaban J connectivity index is 1.66. The standard InChI is InChI=1S/C18H15F2N3O3/c19-14-7-6-12(10-15(14)20)22-18(26)17(25)21-11-3-1-4-13(9-11)23-8-2-5-16(23)24/h1,3-4,6-7,9-10H,2,5,8H2,(H,21,25)(H,22,26). The number of rotatable bonds is 3. The average Bonchev–Trinajstić information content (AvgIpc) is 3.04. The molecule has 2 aromatic carbocycles. The van der Waals surface area contributed by atoms with Crippen molar-refractivity contribution in [3.8, 4) is 0 Å². The zero-order valence-electron chi connectivity index (χ0n) is 13.6. The number of benzene rings is 2. The summed E-state index contributed by atoms with van der Waals surface area (Å²) in [4.78, 5) is 37.3. The molecule has 8 heteroatoms. The Hall–Kier alpha value is -3.29. The number of carbonyl (C=O) groups is 3. The third-order valence-electron chi connectivity index (χ3n) is 3.87. The van der Waals surface area contributed by atoms with Crippen molar-refractivity contribution in [3.05, 3.63) is 54.1 Å². The van der Waals surface area contributed by atoms with Crippen LogP contribution in [0.25, 0.3) is 0 Å². The van der Waals surface area contributed by atoms with E-state index in [0.29, 0.717) is 24.3 Å². The second kappa shape index (κ2) is 7.30. The number of halogens is 2. The molecule has 6 nitrogen and oxygen atoms in total. The van der Waals surface area contributed by atoms with Crippen molar-refractivity contribution in [2.24, 2.45) is 0 Å². The van der Waals surface area contributed by atoms with Gasteiger partial charge in [-0.25, -0.2) is 8.78 Å². The zero-order chi connectivity index (χ0) is 18.7. The van der Waals surface area contributed by atoms with Crippen LogP contribution in [0, 0.1) is 11.6 Å². The van der Waals surface area contributed by atoms with E-state index in [0.717, 1.165) is 24.6 Å². The lowest BCUT2D eigenvalue weighted by Gasteiger charge is -2.16. The topological polar surface area (TPSA) is 78.5 Å². The maximum absolute atomic E-state index is 13.1. The molecule has 0 aromatic heterocycles. The Morgan fingerprint density at radius 1 is 0.923 bits per heavy atom. The van der Waals surface area contributed by atoms with Gasteiger partial charge < -0.3 is 15.5 Å². The second-order valence-electron chi connectivity index (χ2n) is 5.74. The first-order valence-corrected chi connectivity index (χ1v) is 7.92. The lowest BCUT2D eigenvalue weighted by molar-refractivity contribution is -0.133. The first-order valence-electron chi connectivity index (χ1n) is 7.92. The van der Waals surface area contributed by atoms with Crippen molar-refractivity contribution in [1.82, 2.24) is 0 Å². The summed E-state index contributed by atoms with van der Waals surface area (Å²) < 4.78 is 26.0. The lowest BCUT2D eigenvalue weighted by atomic mass is 10.2. The largest absolute Gasteiger partial charge is 0.318 e. The number of hydrogen-bond acceptors (Lipinski definition) is 3. The van der Waals surface area contributed by atoms with Crippen LogP contribution in [0.5, 0.6) is 0 Å². The van der Waals surface area contributed by atoms with Crippen LogP contribution in [-0.4, -0.2) is 24.3 Å². The van der Waals surface area contributed by atoms with Gasteiger partial charge in [0.1, 0.15) is 0 Å². The van der Waals surface area contributed by atoms with Gasteiger partial charge in [0.15, 0.2) is 11.6 Å². The molecule has 0 atom stereocenters. The summed E-state index contributed by atoms with van der Waals surface area (Å²) in [6, 6.07) is 9.32. The van der Waals surface area contributed by atoms with Crippen molar-refractivity contribution in [3.63, 3.8) is 0 Å². The second-order valence-corrected chi connectivity index (χ2v) is 5.74. The molecule has 3 amide bonds. The molecule has 1 heterocycles. The third-order valence-corrected chi connectivity index (χ3v) is 3.87. The number of hydrogen-bond donors (Lipinski definition) is 2. The van der Waals surface area contributed by atoms with Crippen LogP contribution in [0.3, 0.4) is 0 Å². The van der Waals surface area contributed by atoms with E-state index in [-0.39, 0.29) is 11.6 Å². The maximum Gasteiger partial charge on any atom is 0.314 e. The molecule has 3 rings (SSSR count). The van der Waals surface area contributed by atoms with Crippen LogP contribution in [-0.2, 0) is 14.4 Å². The summed E-state index contributed by atoms with van der Waals surface area (Å²) >= 11 is 0. The number of nitrogens with one attached hydrogen (secondary N) is 2. The van der Waals surface area contributed by atoms with Crippen LogP contribution < -0.4 is 15.5 Å². The van der Waals surface area contributed by atoms with Gasteiger partial charge in [-0.2, -0.15) is 0 Å². The van der Waals surface area contributed by atoms with Crippen molar-refractivity contribution < 1.29 is 23.2 Å². The van der Waals surface area contributed by atoms with Crippen LogP contribution >= 0.6 is 0 Å². The highest BCUT2D eigenvalue weighted by atomic mass is 19.2. The van der Waals surface area contributed by atoms with Gasteiger partial charge in [-0.1, -0.05) is 6.07 Å². The summed E-state index contributed by atoms with van der Waals surface area (Å²) in [6.07, 6.45) is 1.25. The molecule has 1 fully saturated rings. The first kappa shape index (κ1) is 17.5. The maximum atomic E-state index is 13.1. The lowest BCUT2D eigenvalue weighted by Crippen LogP contribution is -2.29. The first-order chi connectivity index (χ1) is 12.4. The molecule has 134 valence electrons. The predicted molar refractivity (Wildman–Crippen MR) is 91.6 cm³/mol. The van der Waals surface area contributed by atoms with Crippen molar-refractivity contribution >= 4 is 34.8 Å². The highest BCUT2D eigenvalue weighted by Crippen LogP contribution is 2.24. The molecule has 0 aliphatic carbocycles. The minimum absolute atomic E-state index is 0.00422. The van der Waals surface area contributed by atoms with E-state index in [1.54, 1.807) is 29.2 Å². The fourth-order valence-corrected chi connectivity index (χ4v) is 2.62. The summed E-state index contributed by atoms with van der Waals surface area (Å²) in [5.74, 6) is -4.19. The fourth-order valence-electron chi connectivity index (χ4n) is 2.62. The van der Waals surface area contributed by atoms with Gasteiger partial charge in [0.25, 0.3) is 0 Å². The van der Waals surface area contributed by atoms with E-state index in [1.165, 1.54) is 0 Å². The van der Waals surface area contributed by atoms with E-state index in [9.17, 15) is 23.2 Å². The van der Waals surface area contributed by atoms with Crippen LogP contribution in [0.15, 0.2) is 42.5 Å². The average molecular weight is 359 g/mol. The van der Waals surface area contributed by atoms with Crippen LogP contribution in [0.1, 0.15) is 12.8 Å². The third kappa shape index (κ3) is 3.85. The smallest absolute Gasteiger partial charge is 0.314 e. The molecule has 2 aromatic rings. The summed E-state index contributed by atoms with van der Waals surface area (Å²) in [7, 11) is 0. The fraction of sp³-hybridized carbons (Fsp3) is 0.167. The van der Waals surface area contributed by atoms with Crippen molar-refractivity contribution in [1.29, 1.82) is 0 Å². The molecule has 1 aliphatic rings. The minimum Gasteiger partial charge on any atom is -0.318 e. The summed E-state index contributed by atoms with van der Waals surface area (Å²) in [6.45, 7) is 0.604. The quantitative estimate of drug-likeness (QED) is 0.827. The predicted octanol–water partition coefficient (Wildman–Crippen LogP) is 2.67. The SMILES string of the molecule is O=C(Nc1cccc(N2CCCC2=O)c1)C(=O)Nc1ccc(F)c(F)c1. The van der Waals surface area contributed by atoms with Gasteiger partial charge in [-0.3, -0.25) is 14.4 Å². The van der Waals surface area contributed by atoms with Gasteiger partial charge >= 0.3 is 11.8 Å². The zero-order valence-corrected chi connectivity index (χ0v) is 13.6. The van der Waals surface area contributed by atoms with Gasteiger partial charge in [-0.05, 0) is 36.8 Å². The molecule has 0 radical (unpaired) electrons. The molecule has 0 saturated carbocycles. The van der Waals surface area contributed by atoms with Crippen molar-refractivity contribution in [2.45, 2.75) is 12.8 Å². The van der Waals surface area contributed by atoms with E-state index < -0.39 is 23.4 Å². The van der Waals surface area contributed by atoms with E-state index >= 15 is 0 Å². The normalized spacial score (nSPS) is 13.6. The van der Waals surface area contributed by atoms with E-state index in [1.807, 2.05) is 0 Å². The molecule has 0 spiro atoms. The summed E-state index contributed by atoms with van der Waals surface area (Å²) in [5.41, 5.74) is 0.930. The van der Waals surface area contributed by atoms with Crippen LogP contribution in [0.2, 0.25) is 0 Å². The summed E-state index contributed by atoms with van der Waals surface area (Å²) in [5, 5.41) is 4.59. The highest BCUT2D eigenvalue weighted by Gasteiger charge is 2.22. The number of carbonyl (C=O) groups excluding carboxylic acids is 3. The molecule has 1 aliphatic heterocycles. The molecule has 0 bridgehead atoms. The monoisotopic (exact) mass is 359 g/mol. The Kier molecular flexibility index (Phi) is 4.92. The number of anilines is 3. The van der Waals surface area contributed by atoms with Gasteiger partial charge in [0.2, 0.25) is 5.91 Å². The van der Waals surface area contributed by atoms with E-state index in [2.05, 4.69) is 10.6 Å². The van der Waals surface area contributed by atoms with Crippen molar-refractivity contribution in [2.75, 3.05) is 22.1 Å². The highest BCUT2D eigenvalue weighted by molar-refractivity contribution is 6.43. The molecule has 2 N–H and O–H groups in total. The van der Waals surface area contributed by atoms with Crippen LogP contribution in [0.4, 0.5) is 25.8 Å². The molecular weight excluding hydrogens is 344 g/mol. The number of amides is 3. The Morgan fingerprint density at radius 3 is 2.23 bits per heavy atom. The molecule has 26 heavy (non-hydrogen) atoms. The molecule has 0 unspecified atom stereocenters. The molecular formula is C18H15F2N3O3. The van der Waals surface area contributed by atoms with E-state index in [4.69, 9.17) is 0 Å². The Bertz CT molecular complexity index is 886. The Morgan fingerprint density at radius 2 is 1.62 bits per heavy atom. The Labute approximate surface area is 147 Å². The molecule has 1 saturated heterocycles. The van der Waals surface area contributed by atoms with Gasteiger partial charge in [0.05, 0.1) is 0 Å². The van der Waals surface area contributed by atoms with Gasteiger partial charge in [-0.15, -0.1) is 0 Å². The van der Waals surface area contributed by atoms with Gasteiger partial charge in [0, 0.05) is 36.1 Å². The number of nitrogens with zero attached hydrogens (tertiary/aromatic N) is 1.